The molecule has 0 aromatic heterocycles. The van der Waals surface area contributed by atoms with E-state index >= 15 is 0 Å². The average Bonchev–Trinajstić information content (AvgIpc) is 2.50. The van der Waals surface area contributed by atoms with Gasteiger partial charge < -0.3 is 10.2 Å². The van der Waals surface area contributed by atoms with E-state index in [1.165, 1.54) is 11.0 Å². The lowest BCUT2D eigenvalue weighted by atomic mass is 10.1. The first kappa shape index (κ1) is 17.3. The minimum absolute atomic E-state index is 0.0380. The fourth-order valence-electron chi connectivity index (χ4n) is 2.52. The van der Waals surface area contributed by atoms with Crippen molar-refractivity contribution in [1.82, 2.24) is 10.2 Å². The number of carbonyl (C=O) groups is 2. The second kappa shape index (κ2) is 7.95. The number of benzene rings is 1. The number of nitrogens with zero attached hydrogens (tertiary/aromatic N) is 2. The summed E-state index contributed by atoms with van der Waals surface area (Å²) in [6.07, 6.45) is 2.36. The van der Waals surface area contributed by atoms with Crippen molar-refractivity contribution in [3.63, 3.8) is 0 Å². The molecule has 0 spiro atoms. The highest BCUT2D eigenvalue weighted by molar-refractivity contribution is 6.31. The van der Waals surface area contributed by atoms with Crippen molar-refractivity contribution >= 4 is 29.1 Å². The van der Waals surface area contributed by atoms with Gasteiger partial charge in [-0.2, -0.15) is 5.26 Å². The van der Waals surface area contributed by atoms with Gasteiger partial charge in [-0.3, -0.25) is 14.9 Å². The third-order valence-corrected chi connectivity index (χ3v) is 3.93. The largest absolute Gasteiger partial charge is 0.323 e. The van der Waals surface area contributed by atoms with E-state index in [1.807, 2.05) is 6.07 Å². The molecule has 1 saturated heterocycles. The summed E-state index contributed by atoms with van der Waals surface area (Å²) < 4.78 is 0. The molecule has 122 valence electrons. The maximum absolute atomic E-state index is 12.1. The van der Waals surface area contributed by atoms with Crippen LogP contribution in [0.2, 0.25) is 5.02 Å². The Hall–Kier alpha value is -2.10. The van der Waals surface area contributed by atoms with Crippen LogP contribution in [0.15, 0.2) is 18.2 Å². The SMILES string of the molecule is CCCC1CC(=O)N(CC(=O)Nc2cc(Cl)ccc2C#N)CN1. The summed E-state index contributed by atoms with van der Waals surface area (Å²) in [7, 11) is 0. The van der Waals surface area contributed by atoms with Crippen LogP contribution >= 0.6 is 11.6 Å². The molecule has 7 heteroatoms. The van der Waals surface area contributed by atoms with Crippen molar-refractivity contribution in [3.05, 3.63) is 28.8 Å². The monoisotopic (exact) mass is 334 g/mol. The Kier molecular flexibility index (Phi) is 5.97. The molecule has 0 aliphatic carbocycles. The van der Waals surface area contributed by atoms with Gasteiger partial charge in [-0.1, -0.05) is 24.9 Å². The number of carbonyl (C=O) groups excluding carboxylic acids is 2. The summed E-state index contributed by atoms with van der Waals surface area (Å²) in [5, 5.41) is 15.4. The van der Waals surface area contributed by atoms with Gasteiger partial charge in [0.05, 0.1) is 17.9 Å². The Bertz CT molecular complexity index is 641. The molecular weight excluding hydrogens is 316 g/mol. The molecule has 1 aromatic carbocycles. The van der Waals surface area contributed by atoms with Crippen LogP contribution in [0.25, 0.3) is 0 Å². The van der Waals surface area contributed by atoms with Gasteiger partial charge in [0, 0.05) is 17.5 Å². The minimum Gasteiger partial charge on any atom is -0.323 e. The number of rotatable bonds is 5. The number of nitrogens with one attached hydrogen (secondary N) is 2. The van der Waals surface area contributed by atoms with Gasteiger partial charge in [0.1, 0.15) is 12.6 Å². The van der Waals surface area contributed by atoms with Gasteiger partial charge >= 0.3 is 0 Å². The van der Waals surface area contributed by atoms with Crippen LogP contribution in [0.3, 0.4) is 0 Å². The Morgan fingerprint density at radius 3 is 3.00 bits per heavy atom. The lowest BCUT2D eigenvalue weighted by Crippen LogP contribution is -2.52. The molecule has 2 rings (SSSR count). The lowest BCUT2D eigenvalue weighted by Gasteiger charge is -2.32. The molecule has 1 aromatic rings. The first-order chi connectivity index (χ1) is 11.0. The zero-order valence-electron chi connectivity index (χ0n) is 12.9. The topological polar surface area (TPSA) is 85.2 Å². The predicted octanol–water partition coefficient (Wildman–Crippen LogP) is 2.10. The van der Waals surface area contributed by atoms with Crippen molar-refractivity contribution in [2.24, 2.45) is 0 Å². The Morgan fingerprint density at radius 2 is 2.35 bits per heavy atom. The molecule has 1 aliphatic rings. The van der Waals surface area contributed by atoms with E-state index in [-0.39, 0.29) is 24.4 Å². The Balaban J connectivity index is 1.94. The average molecular weight is 335 g/mol. The first-order valence-electron chi connectivity index (χ1n) is 7.54. The van der Waals surface area contributed by atoms with Crippen LogP contribution in [0.1, 0.15) is 31.7 Å². The second-order valence-corrected chi connectivity index (χ2v) is 5.93. The van der Waals surface area contributed by atoms with Crippen LogP contribution in [-0.2, 0) is 9.59 Å². The van der Waals surface area contributed by atoms with Gasteiger partial charge in [-0.05, 0) is 24.6 Å². The van der Waals surface area contributed by atoms with E-state index in [1.54, 1.807) is 12.1 Å². The van der Waals surface area contributed by atoms with Crippen molar-refractivity contribution in [3.8, 4) is 6.07 Å². The smallest absolute Gasteiger partial charge is 0.244 e. The molecule has 2 N–H and O–H groups in total. The molecule has 1 heterocycles. The number of halogens is 1. The van der Waals surface area contributed by atoms with E-state index in [0.29, 0.717) is 29.4 Å². The van der Waals surface area contributed by atoms with E-state index < -0.39 is 0 Å². The third-order valence-electron chi connectivity index (χ3n) is 3.69. The molecule has 1 fully saturated rings. The molecule has 0 bridgehead atoms. The Labute approximate surface area is 140 Å². The normalized spacial score (nSPS) is 17.7. The van der Waals surface area contributed by atoms with Crippen LogP contribution in [0.4, 0.5) is 5.69 Å². The number of anilines is 1. The van der Waals surface area contributed by atoms with Gasteiger partial charge in [0.15, 0.2) is 0 Å². The van der Waals surface area contributed by atoms with Gasteiger partial charge in [-0.15, -0.1) is 0 Å². The van der Waals surface area contributed by atoms with E-state index in [4.69, 9.17) is 16.9 Å². The number of hydrogen-bond acceptors (Lipinski definition) is 4. The molecule has 0 radical (unpaired) electrons. The number of hydrogen-bond donors (Lipinski definition) is 2. The third kappa shape index (κ3) is 4.68. The molecule has 0 saturated carbocycles. The van der Waals surface area contributed by atoms with Crippen molar-refractivity contribution in [1.29, 1.82) is 5.26 Å². The second-order valence-electron chi connectivity index (χ2n) is 5.49. The molecule has 1 unspecified atom stereocenters. The van der Waals surface area contributed by atoms with E-state index in [0.717, 1.165) is 12.8 Å². The summed E-state index contributed by atoms with van der Waals surface area (Å²) >= 11 is 5.88. The number of nitriles is 1. The first-order valence-corrected chi connectivity index (χ1v) is 7.92. The van der Waals surface area contributed by atoms with E-state index in [2.05, 4.69) is 17.6 Å². The molecule has 6 nitrogen and oxygen atoms in total. The van der Waals surface area contributed by atoms with Crippen molar-refractivity contribution < 1.29 is 9.59 Å². The summed E-state index contributed by atoms with van der Waals surface area (Å²) in [4.78, 5) is 25.7. The summed E-state index contributed by atoms with van der Waals surface area (Å²) in [5.74, 6) is -0.392. The van der Waals surface area contributed by atoms with Gasteiger partial charge in [0.2, 0.25) is 11.8 Å². The van der Waals surface area contributed by atoms with Gasteiger partial charge in [0.25, 0.3) is 0 Å². The highest BCUT2D eigenvalue weighted by Gasteiger charge is 2.26. The fourth-order valence-corrected chi connectivity index (χ4v) is 2.69. The summed E-state index contributed by atoms with van der Waals surface area (Å²) in [6.45, 7) is 2.38. The predicted molar refractivity (Wildman–Crippen MR) is 87.8 cm³/mol. The number of amides is 2. The standard InChI is InChI=1S/C16H19ClN4O2/c1-2-3-13-7-16(23)21(10-19-13)9-15(22)20-14-6-12(17)5-4-11(14)8-18/h4-6,13,19H,2-3,7,9-10H2,1H3,(H,20,22). The molecule has 1 aliphatic heterocycles. The zero-order chi connectivity index (χ0) is 16.8. The summed E-state index contributed by atoms with van der Waals surface area (Å²) in [5.41, 5.74) is 0.681. The fraction of sp³-hybridized carbons (Fsp3) is 0.438. The van der Waals surface area contributed by atoms with Crippen LogP contribution in [0, 0.1) is 11.3 Å². The van der Waals surface area contributed by atoms with E-state index in [9.17, 15) is 9.59 Å². The van der Waals surface area contributed by atoms with Crippen molar-refractivity contribution in [2.45, 2.75) is 32.2 Å². The highest BCUT2D eigenvalue weighted by atomic mass is 35.5. The van der Waals surface area contributed by atoms with Gasteiger partial charge in [-0.25, -0.2) is 0 Å². The highest BCUT2D eigenvalue weighted by Crippen LogP contribution is 2.20. The molecule has 23 heavy (non-hydrogen) atoms. The molecule has 2 amide bonds. The van der Waals surface area contributed by atoms with Crippen LogP contribution < -0.4 is 10.6 Å². The quantitative estimate of drug-likeness (QED) is 0.863. The maximum Gasteiger partial charge on any atom is 0.244 e. The minimum atomic E-state index is -0.354. The lowest BCUT2D eigenvalue weighted by molar-refractivity contribution is -0.138. The Morgan fingerprint density at radius 1 is 1.57 bits per heavy atom. The molecular formula is C16H19ClN4O2. The van der Waals surface area contributed by atoms with Crippen molar-refractivity contribution in [2.75, 3.05) is 18.5 Å². The van der Waals surface area contributed by atoms with Crippen LogP contribution in [-0.4, -0.2) is 36.0 Å². The zero-order valence-corrected chi connectivity index (χ0v) is 13.7. The maximum atomic E-state index is 12.1. The summed E-state index contributed by atoms with van der Waals surface area (Å²) in [6, 6.07) is 6.83. The van der Waals surface area contributed by atoms with Crippen LogP contribution in [0.5, 0.6) is 0 Å². The molecule has 1 atom stereocenters.